The van der Waals surface area contributed by atoms with Crippen LogP contribution in [-0.2, 0) is 22.6 Å². The number of hydrogen-bond donors (Lipinski definition) is 2. The molecule has 180 valence electrons. The number of amides is 2. The molecule has 0 aliphatic carbocycles. The van der Waals surface area contributed by atoms with Crippen molar-refractivity contribution in [3.05, 3.63) is 112 Å². The third-order valence-corrected chi connectivity index (χ3v) is 5.61. The number of carbonyl (C=O) groups excluding carboxylic acids is 2. The van der Waals surface area contributed by atoms with Gasteiger partial charge < -0.3 is 20.1 Å². The first-order valence-corrected chi connectivity index (χ1v) is 11.0. The molecular formula is C27H24F2N2O4. The zero-order valence-electron chi connectivity index (χ0n) is 19.0. The van der Waals surface area contributed by atoms with Gasteiger partial charge >= 0.3 is 12.0 Å². The lowest BCUT2D eigenvalue weighted by atomic mass is 9.93. The van der Waals surface area contributed by atoms with Gasteiger partial charge in [0.25, 0.3) is 0 Å². The maximum Gasteiger partial charge on any atom is 0.338 e. The summed E-state index contributed by atoms with van der Waals surface area (Å²) >= 11 is 0. The molecule has 2 amide bonds. The van der Waals surface area contributed by atoms with Gasteiger partial charge in [0.2, 0.25) is 0 Å². The lowest BCUT2D eigenvalue weighted by Gasteiger charge is -2.29. The topological polar surface area (TPSA) is 76.7 Å². The van der Waals surface area contributed by atoms with Crippen LogP contribution in [0.4, 0.5) is 13.6 Å². The Morgan fingerprint density at radius 3 is 2.37 bits per heavy atom. The van der Waals surface area contributed by atoms with Gasteiger partial charge in [-0.3, -0.25) is 0 Å². The minimum absolute atomic E-state index is 0.160. The number of carbonyl (C=O) groups is 2. The number of ether oxygens (including phenoxy) is 2. The number of urea groups is 1. The fourth-order valence-electron chi connectivity index (χ4n) is 3.94. The molecule has 35 heavy (non-hydrogen) atoms. The van der Waals surface area contributed by atoms with E-state index in [4.69, 9.17) is 9.47 Å². The third kappa shape index (κ3) is 6.03. The first-order chi connectivity index (χ1) is 16.9. The van der Waals surface area contributed by atoms with Gasteiger partial charge in [-0.05, 0) is 65.9 Å². The lowest BCUT2D eigenvalue weighted by Crippen LogP contribution is -2.46. The second-order valence-corrected chi connectivity index (χ2v) is 8.04. The molecule has 3 aromatic carbocycles. The van der Waals surface area contributed by atoms with Crippen molar-refractivity contribution in [3.63, 3.8) is 0 Å². The van der Waals surface area contributed by atoms with Crippen molar-refractivity contribution in [2.24, 2.45) is 0 Å². The van der Waals surface area contributed by atoms with Crippen LogP contribution in [0.2, 0.25) is 0 Å². The lowest BCUT2D eigenvalue weighted by molar-refractivity contribution is -0.140. The molecule has 0 spiro atoms. The van der Waals surface area contributed by atoms with Crippen molar-refractivity contribution in [3.8, 4) is 5.75 Å². The molecule has 1 atom stereocenters. The summed E-state index contributed by atoms with van der Waals surface area (Å²) < 4.78 is 38.3. The number of nitrogens with one attached hydrogen (secondary N) is 2. The van der Waals surface area contributed by atoms with Crippen LogP contribution in [0.15, 0.2) is 84.1 Å². The minimum atomic E-state index is -0.917. The molecule has 0 saturated heterocycles. The molecule has 1 heterocycles. The molecule has 0 radical (unpaired) electrons. The molecule has 1 unspecified atom stereocenters. The normalized spacial score (nSPS) is 15.3. The molecule has 1 aliphatic rings. The molecule has 3 aromatic rings. The summed E-state index contributed by atoms with van der Waals surface area (Å²) in [6, 6.07) is 17.4. The molecule has 2 N–H and O–H groups in total. The first-order valence-electron chi connectivity index (χ1n) is 11.0. The number of benzene rings is 3. The van der Waals surface area contributed by atoms with Gasteiger partial charge in [0, 0.05) is 5.70 Å². The SMILES string of the molecule is COc1cccc(CCC2=C(C(=O)OCc3cccc(F)c3)C(c3cccc(F)c3)NC(=O)N2)c1. The minimum Gasteiger partial charge on any atom is -0.497 e. The van der Waals surface area contributed by atoms with E-state index >= 15 is 0 Å². The van der Waals surface area contributed by atoms with Crippen LogP contribution in [0.5, 0.6) is 5.75 Å². The van der Waals surface area contributed by atoms with Gasteiger partial charge in [0.1, 0.15) is 24.0 Å². The molecule has 6 nitrogen and oxygen atoms in total. The van der Waals surface area contributed by atoms with Crippen molar-refractivity contribution in [2.45, 2.75) is 25.5 Å². The highest BCUT2D eigenvalue weighted by Crippen LogP contribution is 2.30. The maximum atomic E-state index is 14.0. The fraction of sp³-hybridized carbons (Fsp3) is 0.185. The number of halogens is 2. The van der Waals surface area contributed by atoms with Gasteiger partial charge in [-0.15, -0.1) is 0 Å². The monoisotopic (exact) mass is 478 g/mol. The summed E-state index contributed by atoms with van der Waals surface area (Å²) in [5, 5.41) is 5.40. The van der Waals surface area contributed by atoms with Crippen LogP contribution in [0, 0.1) is 11.6 Å². The highest BCUT2D eigenvalue weighted by Gasteiger charge is 2.33. The predicted molar refractivity (Wildman–Crippen MR) is 125 cm³/mol. The van der Waals surface area contributed by atoms with E-state index in [1.54, 1.807) is 19.2 Å². The van der Waals surface area contributed by atoms with Crippen molar-refractivity contribution in [2.75, 3.05) is 7.11 Å². The summed E-state index contributed by atoms with van der Waals surface area (Å²) in [6.45, 7) is -0.160. The number of rotatable bonds is 8. The Morgan fingerprint density at radius 1 is 0.914 bits per heavy atom. The van der Waals surface area contributed by atoms with Crippen LogP contribution >= 0.6 is 0 Å². The van der Waals surface area contributed by atoms with Crippen molar-refractivity contribution in [1.82, 2.24) is 10.6 Å². The average Bonchev–Trinajstić information content (AvgIpc) is 2.86. The highest BCUT2D eigenvalue weighted by atomic mass is 19.1. The van der Waals surface area contributed by atoms with Crippen molar-refractivity contribution >= 4 is 12.0 Å². The summed E-state index contributed by atoms with van der Waals surface area (Å²) in [5.74, 6) is -0.948. The highest BCUT2D eigenvalue weighted by molar-refractivity contribution is 5.95. The number of allylic oxidation sites excluding steroid dienone is 1. The Morgan fingerprint density at radius 2 is 1.63 bits per heavy atom. The van der Waals surface area contributed by atoms with Gasteiger partial charge in [0.05, 0.1) is 18.7 Å². The van der Waals surface area contributed by atoms with Gasteiger partial charge in [0.15, 0.2) is 0 Å². The number of hydrogen-bond acceptors (Lipinski definition) is 4. The third-order valence-electron chi connectivity index (χ3n) is 5.61. The van der Waals surface area contributed by atoms with Crippen molar-refractivity contribution in [1.29, 1.82) is 0 Å². The van der Waals surface area contributed by atoms with Crippen LogP contribution < -0.4 is 15.4 Å². The molecule has 8 heteroatoms. The Kier molecular flexibility index (Phi) is 7.40. The Hall–Kier alpha value is -4.20. The molecule has 0 fully saturated rings. The van der Waals surface area contributed by atoms with Gasteiger partial charge in [-0.1, -0.05) is 36.4 Å². The van der Waals surface area contributed by atoms with Crippen LogP contribution in [0.25, 0.3) is 0 Å². The first kappa shape index (κ1) is 23.9. The van der Waals surface area contributed by atoms with Gasteiger partial charge in [-0.2, -0.15) is 0 Å². The van der Waals surface area contributed by atoms with Crippen LogP contribution in [-0.4, -0.2) is 19.1 Å². The Bertz CT molecular complexity index is 1280. The molecule has 0 aromatic heterocycles. The second kappa shape index (κ2) is 10.8. The Balaban J connectivity index is 1.65. The molecular weight excluding hydrogens is 454 g/mol. The summed E-state index contributed by atoms with van der Waals surface area (Å²) in [4.78, 5) is 25.7. The van der Waals surface area contributed by atoms with Crippen LogP contribution in [0.3, 0.4) is 0 Å². The van der Waals surface area contributed by atoms with E-state index < -0.39 is 29.7 Å². The maximum absolute atomic E-state index is 14.0. The van der Waals surface area contributed by atoms with E-state index in [0.29, 0.717) is 35.4 Å². The molecule has 0 bridgehead atoms. The van der Waals surface area contributed by atoms with Crippen molar-refractivity contribution < 1.29 is 27.8 Å². The van der Waals surface area contributed by atoms with E-state index in [9.17, 15) is 18.4 Å². The van der Waals surface area contributed by atoms with E-state index in [2.05, 4.69) is 10.6 Å². The van der Waals surface area contributed by atoms with Gasteiger partial charge in [-0.25, -0.2) is 18.4 Å². The number of esters is 1. The van der Waals surface area contributed by atoms with E-state index in [-0.39, 0.29) is 12.2 Å². The fourth-order valence-corrected chi connectivity index (χ4v) is 3.94. The quantitative estimate of drug-likeness (QED) is 0.449. The summed E-state index contributed by atoms with van der Waals surface area (Å²) in [6.07, 6.45) is 0.820. The summed E-state index contributed by atoms with van der Waals surface area (Å²) in [5.41, 5.74) is 2.35. The number of methoxy groups -OCH3 is 1. The number of aryl methyl sites for hydroxylation is 1. The summed E-state index contributed by atoms with van der Waals surface area (Å²) in [7, 11) is 1.57. The van der Waals surface area contributed by atoms with Crippen LogP contribution in [0.1, 0.15) is 29.2 Å². The zero-order chi connectivity index (χ0) is 24.8. The predicted octanol–water partition coefficient (Wildman–Crippen LogP) is 4.96. The second-order valence-electron chi connectivity index (χ2n) is 8.04. The van der Waals surface area contributed by atoms with E-state index in [0.717, 1.165) is 5.56 Å². The van der Waals surface area contributed by atoms with E-state index in [1.807, 2.05) is 24.3 Å². The molecule has 1 aliphatic heterocycles. The zero-order valence-corrected chi connectivity index (χ0v) is 19.0. The molecule has 4 rings (SSSR count). The standard InChI is InChI=1S/C27H24F2N2O4/c1-34-22-10-3-5-17(14-22)11-12-23-24(26(32)35-16-18-6-2-8-20(28)13-18)25(31-27(33)30-23)19-7-4-9-21(29)15-19/h2-10,13-15,25H,11-12,16H2,1H3,(H2,30,31,33). The Labute approximate surface area is 201 Å². The average molecular weight is 478 g/mol. The smallest absolute Gasteiger partial charge is 0.338 e. The largest absolute Gasteiger partial charge is 0.497 e. The molecule has 0 saturated carbocycles. The van der Waals surface area contributed by atoms with E-state index in [1.165, 1.54) is 36.4 Å².